The molecule has 0 bridgehead atoms. The fourth-order valence-corrected chi connectivity index (χ4v) is 4.15. The van der Waals surface area contributed by atoms with Crippen LogP contribution < -0.4 is 15.5 Å². The summed E-state index contributed by atoms with van der Waals surface area (Å²) in [5.74, 6) is -2.84. The summed E-state index contributed by atoms with van der Waals surface area (Å²) in [5.41, 5.74) is 1.49. The van der Waals surface area contributed by atoms with E-state index in [2.05, 4.69) is 25.5 Å². The average Bonchev–Trinajstić information content (AvgIpc) is 2.97. The summed E-state index contributed by atoms with van der Waals surface area (Å²) in [6.45, 7) is 1.53. The minimum atomic E-state index is -0.848. The second-order valence-electron chi connectivity index (χ2n) is 9.91. The summed E-state index contributed by atoms with van der Waals surface area (Å²) in [4.78, 5) is 37.6. The van der Waals surface area contributed by atoms with Gasteiger partial charge in [0.2, 0.25) is 5.95 Å². The zero-order valence-corrected chi connectivity index (χ0v) is 23.5. The third-order valence-electron chi connectivity index (χ3n) is 6.40. The number of amides is 1. The molecule has 8 nitrogen and oxygen atoms in total. The van der Waals surface area contributed by atoms with Crippen molar-refractivity contribution in [3.05, 3.63) is 107 Å². The summed E-state index contributed by atoms with van der Waals surface area (Å²) in [6.07, 6.45) is 2.30. The molecule has 0 aliphatic carbocycles. The minimum absolute atomic E-state index is 0.0684. The lowest BCUT2D eigenvalue weighted by atomic mass is 10.1. The smallest absolute Gasteiger partial charge is 0.261 e. The number of hydrogen-bond donors (Lipinski definition) is 2. The van der Waals surface area contributed by atoms with Crippen LogP contribution in [-0.2, 0) is 6.42 Å². The summed E-state index contributed by atoms with van der Waals surface area (Å²) >= 11 is 0. The molecular formula is C31H31F3N6O2. The Morgan fingerprint density at radius 2 is 1.71 bits per heavy atom. The van der Waals surface area contributed by atoms with Crippen molar-refractivity contribution in [3.63, 3.8) is 0 Å². The normalized spacial score (nSPS) is 10.9. The average molecular weight is 577 g/mol. The van der Waals surface area contributed by atoms with Crippen molar-refractivity contribution in [2.75, 3.05) is 49.8 Å². The molecule has 0 atom stereocenters. The molecule has 11 heteroatoms. The van der Waals surface area contributed by atoms with Crippen LogP contribution in [-0.4, -0.2) is 60.8 Å². The first-order valence-corrected chi connectivity index (χ1v) is 13.2. The lowest BCUT2D eigenvalue weighted by Crippen LogP contribution is -2.27. The van der Waals surface area contributed by atoms with Crippen molar-refractivity contribution < 1.29 is 22.8 Å². The molecule has 0 saturated carbocycles. The monoisotopic (exact) mass is 576 g/mol. The Morgan fingerprint density at radius 3 is 2.48 bits per heavy atom. The summed E-state index contributed by atoms with van der Waals surface area (Å²) in [5, 5.41) is 6.04. The van der Waals surface area contributed by atoms with Crippen molar-refractivity contribution in [3.8, 4) is 0 Å². The predicted octanol–water partition coefficient (Wildman–Crippen LogP) is 5.70. The highest BCUT2D eigenvalue weighted by Gasteiger charge is 2.20. The van der Waals surface area contributed by atoms with Crippen LogP contribution in [0.5, 0.6) is 0 Å². The molecule has 42 heavy (non-hydrogen) atoms. The summed E-state index contributed by atoms with van der Waals surface area (Å²) in [6, 6.07) is 15.2. The van der Waals surface area contributed by atoms with Crippen LogP contribution in [0.4, 0.5) is 36.2 Å². The van der Waals surface area contributed by atoms with Crippen LogP contribution in [0.15, 0.2) is 72.9 Å². The van der Waals surface area contributed by atoms with Gasteiger partial charge in [0.1, 0.15) is 17.5 Å². The van der Waals surface area contributed by atoms with Gasteiger partial charge in [-0.3, -0.25) is 9.59 Å². The number of aromatic nitrogens is 2. The molecule has 4 rings (SSSR count). The zero-order valence-electron chi connectivity index (χ0n) is 23.5. The van der Waals surface area contributed by atoms with Gasteiger partial charge in [-0.1, -0.05) is 12.1 Å². The van der Waals surface area contributed by atoms with Crippen molar-refractivity contribution in [1.29, 1.82) is 0 Å². The molecule has 2 N–H and O–H groups in total. The lowest BCUT2D eigenvalue weighted by molar-refractivity contribution is 0.0979. The Morgan fingerprint density at radius 1 is 0.905 bits per heavy atom. The zero-order chi connectivity index (χ0) is 30.2. The van der Waals surface area contributed by atoms with E-state index in [1.807, 2.05) is 14.1 Å². The van der Waals surface area contributed by atoms with Gasteiger partial charge >= 0.3 is 0 Å². The molecule has 1 amide bonds. The van der Waals surface area contributed by atoms with Crippen LogP contribution in [0.2, 0.25) is 0 Å². The number of halogens is 3. The van der Waals surface area contributed by atoms with Crippen LogP contribution in [0.1, 0.15) is 32.8 Å². The Balaban J connectivity index is 1.40. The highest BCUT2D eigenvalue weighted by atomic mass is 19.1. The van der Waals surface area contributed by atoms with Gasteiger partial charge in [0.25, 0.3) is 5.91 Å². The highest BCUT2D eigenvalue weighted by molar-refractivity contribution is 6.07. The molecule has 1 heterocycles. The van der Waals surface area contributed by atoms with Gasteiger partial charge < -0.3 is 20.4 Å². The van der Waals surface area contributed by atoms with E-state index in [-0.39, 0.29) is 18.2 Å². The molecule has 218 valence electrons. The largest absolute Gasteiger partial charge is 0.383 e. The Labute approximate surface area is 242 Å². The Kier molecular flexibility index (Phi) is 9.87. The first-order valence-electron chi connectivity index (χ1n) is 13.2. The van der Waals surface area contributed by atoms with E-state index in [9.17, 15) is 22.8 Å². The maximum atomic E-state index is 14.6. The molecule has 0 saturated heterocycles. The van der Waals surface area contributed by atoms with Gasteiger partial charge in [-0.25, -0.2) is 23.1 Å². The molecule has 1 aromatic heterocycles. The number of carbonyl (C=O) groups excluding carboxylic acids is 2. The lowest BCUT2D eigenvalue weighted by Gasteiger charge is -2.18. The second kappa shape index (κ2) is 13.7. The second-order valence-corrected chi connectivity index (χ2v) is 9.91. The molecule has 0 aliphatic heterocycles. The van der Waals surface area contributed by atoms with Gasteiger partial charge in [0.15, 0.2) is 5.78 Å². The van der Waals surface area contributed by atoms with E-state index in [1.54, 1.807) is 36.4 Å². The number of rotatable bonds is 12. The van der Waals surface area contributed by atoms with E-state index in [0.717, 1.165) is 36.1 Å². The first-order chi connectivity index (χ1) is 20.1. The number of anilines is 4. The van der Waals surface area contributed by atoms with Crippen LogP contribution in [0.25, 0.3) is 0 Å². The minimum Gasteiger partial charge on any atom is -0.383 e. The SMILES string of the molecule is CN(C)CCCNc1ccc(Nc2nccc(CC(=O)c3cccc(N(C)C(=O)c4cc(F)ccc4F)c3)n2)cc1F. The number of hydrogen-bond acceptors (Lipinski definition) is 7. The molecule has 0 spiro atoms. The van der Waals surface area contributed by atoms with Gasteiger partial charge in [-0.2, -0.15) is 0 Å². The molecule has 0 radical (unpaired) electrons. The number of carbonyl (C=O) groups is 2. The third-order valence-corrected chi connectivity index (χ3v) is 6.40. The molecule has 3 aromatic carbocycles. The van der Waals surface area contributed by atoms with Gasteiger partial charge in [-0.05, 0) is 81.7 Å². The van der Waals surface area contributed by atoms with Crippen LogP contribution in [0.3, 0.4) is 0 Å². The van der Waals surface area contributed by atoms with Gasteiger partial charge in [0, 0.05) is 36.7 Å². The first kappa shape index (κ1) is 30.2. The predicted molar refractivity (Wildman–Crippen MR) is 157 cm³/mol. The summed E-state index contributed by atoms with van der Waals surface area (Å²) < 4.78 is 42.3. The van der Waals surface area contributed by atoms with Gasteiger partial charge in [0.05, 0.1) is 23.4 Å². The fourth-order valence-electron chi connectivity index (χ4n) is 4.15. The molecular weight excluding hydrogens is 545 g/mol. The molecule has 0 unspecified atom stereocenters. The number of nitrogens with one attached hydrogen (secondary N) is 2. The van der Waals surface area contributed by atoms with Crippen molar-refractivity contribution in [2.45, 2.75) is 12.8 Å². The number of Topliss-reactive ketones (excluding diaryl/α,β-unsaturated/α-hetero) is 1. The van der Waals surface area contributed by atoms with E-state index >= 15 is 0 Å². The topological polar surface area (TPSA) is 90.5 Å². The van der Waals surface area contributed by atoms with E-state index in [4.69, 9.17) is 0 Å². The van der Waals surface area contributed by atoms with Crippen LogP contribution >= 0.6 is 0 Å². The van der Waals surface area contributed by atoms with Crippen molar-refractivity contribution in [1.82, 2.24) is 14.9 Å². The maximum absolute atomic E-state index is 14.6. The summed E-state index contributed by atoms with van der Waals surface area (Å²) in [7, 11) is 5.38. The highest BCUT2D eigenvalue weighted by Crippen LogP contribution is 2.23. The third kappa shape index (κ3) is 7.91. The van der Waals surface area contributed by atoms with Crippen molar-refractivity contribution in [2.24, 2.45) is 0 Å². The van der Waals surface area contributed by atoms with E-state index < -0.39 is 28.9 Å². The number of ketones is 1. The fraction of sp³-hybridized carbons (Fsp3) is 0.226. The van der Waals surface area contributed by atoms with E-state index in [1.165, 1.54) is 25.4 Å². The van der Waals surface area contributed by atoms with E-state index in [0.29, 0.717) is 34.9 Å². The number of nitrogens with zero attached hydrogens (tertiary/aromatic N) is 4. The molecule has 0 aliphatic rings. The number of benzene rings is 3. The molecule has 4 aromatic rings. The Hall–Kier alpha value is -4.77. The standard InChI is InChI=1S/C31H31F3N6O2/c1-39(2)15-5-13-35-28-11-9-22(18-27(28)34)37-31-36-14-12-23(38-31)19-29(41)20-6-4-7-24(16-20)40(3)30(42)25-17-21(32)8-10-26(25)33/h4,6-12,14,16-18,35H,5,13,15,19H2,1-3H3,(H,36,37,38). The molecule has 0 fully saturated rings. The van der Waals surface area contributed by atoms with Crippen molar-refractivity contribution >= 4 is 34.7 Å². The maximum Gasteiger partial charge on any atom is 0.261 e. The van der Waals surface area contributed by atoms with Crippen LogP contribution in [0, 0.1) is 17.5 Å². The quantitative estimate of drug-likeness (QED) is 0.165. The Bertz CT molecular complexity index is 1580. The van der Waals surface area contributed by atoms with Gasteiger partial charge in [-0.15, -0.1) is 0 Å².